The van der Waals surface area contributed by atoms with Crippen LogP contribution < -0.4 is 5.32 Å². The Kier molecular flexibility index (Phi) is 5.25. The molecule has 0 aliphatic carbocycles. The highest BCUT2D eigenvalue weighted by molar-refractivity contribution is 5.92. The molecular formula is C17H16FNO3. The number of aliphatic carboxylic acids is 1. The van der Waals surface area contributed by atoms with Crippen molar-refractivity contribution in [1.82, 2.24) is 0 Å². The lowest BCUT2D eigenvalue weighted by atomic mass is 10.1. The molecule has 0 atom stereocenters. The van der Waals surface area contributed by atoms with Gasteiger partial charge < -0.3 is 10.4 Å². The molecule has 0 aromatic heterocycles. The number of hydrogen-bond donors (Lipinski definition) is 2. The van der Waals surface area contributed by atoms with Gasteiger partial charge in [-0.15, -0.1) is 0 Å². The van der Waals surface area contributed by atoms with Crippen LogP contribution in [0.25, 0.3) is 0 Å². The smallest absolute Gasteiger partial charge is 0.303 e. The van der Waals surface area contributed by atoms with Crippen molar-refractivity contribution in [3.63, 3.8) is 0 Å². The number of carbonyl (C=O) groups excluding carboxylic acids is 1. The highest BCUT2D eigenvalue weighted by atomic mass is 19.1. The van der Waals surface area contributed by atoms with E-state index in [9.17, 15) is 14.0 Å². The fourth-order valence-corrected chi connectivity index (χ4v) is 2.03. The Labute approximate surface area is 127 Å². The molecule has 0 saturated heterocycles. The van der Waals surface area contributed by atoms with E-state index in [1.165, 1.54) is 6.07 Å². The summed E-state index contributed by atoms with van der Waals surface area (Å²) in [6.07, 6.45) is 0.477. The number of anilines is 1. The van der Waals surface area contributed by atoms with E-state index in [-0.39, 0.29) is 18.7 Å². The minimum Gasteiger partial charge on any atom is -0.481 e. The number of halogens is 1. The van der Waals surface area contributed by atoms with Gasteiger partial charge in [-0.2, -0.15) is 0 Å². The van der Waals surface area contributed by atoms with Crippen molar-refractivity contribution in [2.75, 3.05) is 5.32 Å². The molecule has 4 nitrogen and oxygen atoms in total. The van der Waals surface area contributed by atoms with Gasteiger partial charge in [0.05, 0.1) is 6.42 Å². The molecule has 0 aliphatic heterocycles. The summed E-state index contributed by atoms with van der Waals surface area (Å²) in [4.78, 5) is 22.4. The Hall–Kier alpha value is -2.69. The second kappa shape index (κ2) is 7.36. The van der Waals surface area contributed by atoms with Crippen LogP contribution in [0.15, 0.2) is 48.5 Å². The van der Waals surface area contributed by atoms with Gasteiger partial charge in [0.15, 0.2) is 0 Å². The molecule has 0 unspecified atom stereocenters. The standard InChI is InChI=1S/C17H16FNO3/c18-15-4-2-1-3-13(15)11-16(20)19-14-8-5-12(6-9-14)7-10-17(21)22/h1-6,8-9H,7,10-11H2,(H,19,20)(H,21,22). The number of nitrogens with one attached hydrogen (secondary N) is 1. The number of carbonyl (C=O) groups is 2. The largest absolute Gasteiger partial charge is 0.481 e. The molecule has 0 spiro atoms. The molecular weight excluding hydrogens is 285 g/mol. The van der Waals surface area contributed by atoms with Crippen molar-refractivity contribution in [1.29, 1.82) is 0 Å². The fourth-order valence-electron chi connectivity index (χ4n) is 2.03. The van der Waals surface area contributed by atoms with E-state index in [2.05, 4.69) is 5.32 Å². The van der Waals surface area contributed by atoms with Crippen LogP contribution in [-0.4, -0.2) is 17.0 Å². The van der Waals surface area contributed by atoms with Gasteiger partial charge in [0.2, 0.25) is 5.91 Å². The lowest BCUT2D eigenvalue weighted by Gasteiger charge is -2.07. The SMILES string of the molecule is O=C(O)CCc1ccc(NC(=O)Cc2ccccc2F)cc1. The Morgan fingerprint density at radius 1 is 1.05 bits per heavy atom. The molecule has 0 fully saturated rings. The zero-order chi connectivity index (χ0) is 15.9. The third kappa shape index (κ3) is 4.70. The van der Waals surface area contributed by atoms with E-state index in [1.807, 2.05) is 0 Å². The second-order valence-corrected chi connectivity index (χ2v) is 4.91. The lowest BCUT2D eigenvalue weighted by molar-refractivity contribution is -0.137. The van der Waals surface area contributed by atoms with Crippen LogP contribution in [0.2, 0.25) is 0 Å². The van der Waals surface area contributed by atoms with E-state index >= 15 is 0 Å². The zero-order valence-corrected chi connectivity index (χ0v) is 11.9. The number of carboxylic acid groups (broad SMARTS) is 1. The molecule has 5 heteroatoms. The summed E-state index contributed by atoms with van der Waals surface area (Å²) in [7, 11) is 0. The Balaban J connectivity index is 1.91. The monoisotopic (exact) mass is 301 g/mol. The number of aryl methyl sites for hydroxylation is 1. The first-order valence-electron chi connectivity index (χ1n) is 6.88. The van der Waals surface area contributed by atoms with Crippen molar-refractivity contribution in [3.05, 3.63) is 65.5 Å². The molecule has 2 N–H and O–H groups in total. The molecule has 2 rings (SSSR count). The van der Waals surface area contributed by atoms with E-state index in [0.29, 0.717) is 17.7 Å². The molecule has 22 heavy (non-hydrogen) atoms. The first kappa shape index (κ1) is 15.7. The number of benzene rings is 2. The van der Waals surface area contributed by atoms with Gasteiger partial charge in [-0.05, 0) is 35.7 Å². The summed E-state index contributed by atoms with van der Waals surface area (Å²) in [5.41, 5.74) is 1.83. The predicted octanol–water partition coefficient (Wildman–Crippen LogP) is 3.02. The van der Waals surface area contributed by atoms with Crippen LogP contribution in [0.3, 0.4) is 0 Å². The van der Waals surface area contributed by atoms with Gasteiger partial charge in [-0.3, -0.25) is 9.59 Å². The first-order chi connectivity index (χ1) is 10.5. The van der Waals surface area contributed by atoms with Gasteiger partial charge in [0.1, 0.15) is 5.82 Å². The number of rotatable bonds is 6. The molecule has 0 bridgehead atoms. The van der Waals surface area contributed by atoms with Crippen LogP contribution in [-0.2, 0) is 22.4 Å². The molecule has 0 saturated carbocycles. The summed E-state index contributed by atoms with van der Waals surface area (Å²) in [5.74, 6) is -1.55. The topological polar surface area (TPSA) is 66.4 Å². The van der Waals surface area contributed by atoms with Crippen molar-refractivity contribution >= 4 is 17.6 Å². The molecule has 0 aliphatic rings. The lowest BCUT2D eigenvalue weighted by Crippen LogP contribution is -2.15. The highest BCUT2D eigenvalue weighted by Crippen LogP contribution is 2.13. The highest BCUT2D eigenvalue weighted by Gasteiger charge is 2.08. The van der Waals surface area contributed by atoms with Crippen LogP contribution in [0.1, 0.15) is 17.5 Å². The van der Waals surface area contributed by atoms with E-state index < -0.39 is 11.8 Å². The van der Waals surface area contributed by atoms with E-state index in [0.717, 1.165) is 5.56 Å². The summed E-state index contributed by atoms with van der Waals surface area (Å²) in [5, 5.41) is 11.3. The zero-order valence-electron chi connectivity index (χ0n) is 11.9. The Morgan fingerprint density at radius 3 is 2.36 bits per heavy atom. The van der Waals surface area contributed by atoms with Crippen molar-refractivity contribution in [2.24, 2.45) is 0 Å². The van der Waals surface area contributed by atoms with Crippen LogP contribution in [0.5, 0.6) is 0 Å². The summed E-state index contributed by atoms with van der Waals surface area (Å²) in [6.45, 7) is 0. The van der Waals surface area contributed by atoms with Crippen LogP contribution >= 0.6 is 0 Å². The molecule has 1 amide bonds. The maximum atomic E-state index is 13.5. The summed E-state index contributed by atoms with van der Waals surface area (Å²) < 4.78 is 13.5. The second-order valence-electron chi connectivity index (χ2n) is 4.91. The van der Waals surface area contributed by atoms with Gasteiger partial charge >= 0.3 is 5.97 Å². The number of amides is 1. The minimum absolute atomic E-state index is 0.0343. The number of hydrogen-bond acceptors (Lipinski definition) is 2. The molecule has 2 aromatic rings. The van der Waals surface area contributed by atoms with E-state index in [4.69, 9.17) is 5.11 Å². The first-order valence-corrected chi connectivity index (χ1v) is 6.88. The number of carboxylic acids is 1. The van der Waals surface area contributed by atoms with Crippen molar-refractivity contribution < 1.29 is 19.1 Å². The minimum atomic E-state index is -0.845. The predicted molar refractivity (Wildman–Crippen MR) is 81.1 cm³/mol. The average molecular weight is 301 g/mol. The van der Waals surface area contributed by atoms with Gasteiger partial charge in [-0.25, -0.2) is 4.39 Å². The maximum Gasteiger partial charge on any atom is 0.303 e. The third-order valence-corrected chi connectivity index (χ3v) is 3.17. The van der Waals surface area contributed by atoms with Gasteiger partial charge in [0.25, 0.3) is 0 Å². The normalized spacial score (nSPS) is 10.2. The van der Waals surface area contributed by atoms with Crippen LogP contribution in [0, 0.1) is 5.82 Å². The fraction of sp³-hybridized carbons (Fsp3) is 0.176. The summed E-state index contributed by atoms with van der Waals surface area (Å²) >= 11 is 0. The third-order valence-electron chi connectivity index (χ3n) is 3.17. The van der Waals surface area contributed by atoms with Gasteiger partial charge in [0, 0.05) is 12.1 Å². The average Bonchev–Trinajstić information content (AvgIpc) is 2.49. The molecule has 0 heterocycles. The molecule has 0 radical (unpaired) electrons. The molecule has 114 valence electrons. The van der Waals surface area contributed by atoms with E-state index in [1.54, 1.807) is 42.5 Å². The van der Waals surface area contributed by atoms with Gasteiger partial charge in [-0.1, -0.05) is 30.3 Å². The molecule has 2 aromatic carbocycles. The Morgan fingerprint density at radius 2 is 1.73 bits per heavy atom. The van der Waals surface area contributed by atoms with Crippen LogP contribution in [0.4, 0.5) is 10.1 Å². The quantitative estimate of drug-likeness (QED) is 0.862. The maximum absolute atomic E-state index is 13.5. The van der Waals surface area contributed by atoms with Crippen molar-refractivity contribution in [3.8, 4) is 0 Å². The van der Waals surface area contributed by atoms with Crippen molar-refractivity contribution in [2.45, 2.75) is 19.3 Å². The summed E-state index contributed by atoms with van der Waals surface area (Å²) in [6, 6.07) is 13.1. The Bertz CT molecular complexity index is 668.